The van der Waals surface area contributed by atoms with Gasteiger partial charge in [0.05, 0.1) is 12.2 Å². The summed E-state index contributed by atoms with van der Waals surface area (Å²) in [6.07, 6.45) is 7.93. The Morgan fingerprint density at radius 1 is 1.38 bits per heavy atom. The van der Waals surface area contributed by atoms with Crippen LogP contribution < -0.4 is 10.6 Å². The number of piperidine rings is 1. The summed E-state index contributed by atoms with van der Waals surface area (Å²) in [6, 6.07) is 5.89. The van der Waals surface area contributed by atoms with Gasteiger partial charge in [-0.1, -0.05) is 6.07 Å². The minimum absolute atomic E-state index is 0.130. The van der Waals surface area contributed by atoms with Crippen molar-refractivity contribution in [1.29, 1.82) is 0 Å². The number of carbonyl (C=O) groups is 1. The van der Waals surface area contributed by atoms with Gasteiger partial charge in [-0.2, -0.15) is 0 Å². The van der Waals surface area contributed by atoms with Gasteiger partial charge in [0.2, 0.25) is 5.91 Å². The quantitative estimate of drug-likeness (QED) is 0.880. The summed E-state index contributed by atoms with van der Waals surface area (Å²) in [7, 11) is 0. The Morgan fingerprint density at radius 3 is 3.05 bits per heavy atom. The summed E-state index contributed by atoms with van der Waals surface area (Å²) in [6.45, 7) is 2.69. The zero-order valence-electron chi connectivity index (χ0n) is 12.2. The summed E-state index contributed by atoms with van der Waals surface area (Å²) >= 11 is 0. The van der Waals surface area contributed by atoms with E-state index in [1.54, 1.807) is 0 Å². The number of aromatic nitrogens is 2. The predicted molar refractivity (Wildman–Crippen MR) is 81.9 cm³/mol. The van der Waals surface area contributed by atoms with Crippen LogP contribution in [-0.2, 0) is 11.3 Å². The number of imidazole rings is 1. The highest BCUT2D eigenvalue weighted by molar-refractivity contribution is 5.75. The molecule has 3 rings (SSSR count). The normalized spacial score (nSPS) is 16.2. The van der Waals surface area contributed by atoms with E-state index in [1.807, 2.05) is 35.0 Å². The molecule has 2 aromatic heterocycles. The summed E-state index contributed by atoms with van der Waals surface area (Å²) in [4.78, 5) is 16.4. The Morgan fingerprint density at radius 2 is 2.24 bits per heavy atom. The highest BCUT2D eigenvalue weighted by atomic mass is 16.1. The van der Waals surface area contributed by atoms with E-state index in [1.165, 1.54) is 12.8 Å². The van der Waals surface area contributed by atoms with Crippen LogP contribution in [0.2, 0.25) is 0 Å². The van der Waals surface area contributed by atoms with Crippen LogP contribution in [0.3, 0.4) is 0 Å². The number of hydrogen-bond donors (Lipinski definition) is 2. The molecule has 0 spiro atoms. The second kappa shape index (κ2) is 6.72. The van der Waals surface area contributed by atoms with Crippen LogP contribution in [0.25, 0.3) is 5.65 Å². The molecule has 0 radical (unpaired) electrons. The molecule has 1 amide bonds. The van der Waals surface area contributed by atoms with Gasteiger partial charge < -0.3 is 15.0 Å². The van der Waals surface area contributed by atoms with E-state index in [0.29, 0.717) is 18.9 Å². The van der Waals surface area contributed by atoms with Gasteiger partial charge in [-0.25, -0.2) is 4.98 Å². The van der Waals surface area contributed by atoms with Crippen molar-refractivity contribution >= 4 is 11.6 Å². The molecule has 2 aromatic rings. The third-order valence-corrected chi connectivity index (χ3v) is 4.12. The largest absolute Gasteiger partial charge is 0.350 e. The van der Waals surface area contributed by atoms with Crippen molar-refractivity contribution in [2.24, 2.45) is 5.92 Å². The van der Waals surface area contributed by atoms with Crippen LogP contribution in [0.4, 0.5) is 0 Å². The average Bonchev–Trinajstić information content (AvgIpc) is 2.95. The molecule has 0 atom stereocenters. The van der Waals surface area contributed by atoms with Crippen LogP contribution in [0.5, 0.6) is 0 Å². The van der Waals surface area contributed by atoms with E-state index in [4.69, 9.17) is 0 Å². The first-order chi connectivity index (χ1) is 10.3. The maximum absolute atomic E-state index is 11.9. The van der Waals surface area contributed by atoms with Crippen LogP contribution >= 0.6 is 0 Å². The molecular formula is C16H22N4O. The highest BCUT2D eigenvalue weighted by Gasteiger charge is 2.14. The molecular weight excluding hydrogens is 264 g/mol. The fourth-order valence-corrected chi connectivity index (χ4v) is 2.86. The van der Waals surface area contributed by atoms with Crippen molar-refractivity contribution in [2.45, 2.75) is 32.2 Å². The minimum Gasteiger partial charge on any atom is -0.350 e. The number of nitrogens with zero attached hydrogens (tertiary/aromatic N) is 2. The second-order valence-electron chi connectivity index (χ2n) is 5.71. The number of nitrogens with one attached hydrogen (secondary N) is 2. The number of carbonyl (C=O) groups excluding carboxylic acids is 1. The molecule has 0 saturated carbocycles. The molecule has 0 aliphatic carbocycles. The lowest BCUT2D eigenvalue weighted by molar-refractivity contribution is -0.121. The molecule has 112 valence electrons. The number of rotatable bonds is 5. The Kier molecular flexibility index (Phi) is 4.50. The molecule has 0 aromatic carbocycles. The van der Waals surface area contributed by atoms with Crippen molar-refractivity contribution in [2.75, 3.05) is 13.1 Å². The lowest BCUT2D eigenvalue weighted by Gasteiger charge is -2.22. The monoisotopic (exact) mass is 286 g/mol. The highest BCUT2D eigenvalue weighted by Crippen LogP contribution is 2.17. The van der Waals surface area contributed by atoms with E-state index >= 15 is 0 Å². The van der Waals surface area contributed by atoms with Gasteiger partial charge in [-0.15, -0.1) is 0 Å². The van der Waals surface area contributed by atoms with Crippen molar-refractivity contribution in [1.82, 2.24) is 20.0 Å². The van der Waals surface area contributed by atoms with Crippen molar-refractivity contribution < 1.29 is 4.79 Å². The predicted octanol–water partition coefficient (Wildman–Crippen LogP) is 1.73. The van der Waals surface area contributed by atoms with E-state index in [9.17, 15) is 4.79 Å². The van der Waals surface area contributed by atoms with Crippen LogP contribution in [-0.4, -0.2) is 28.4 Å². The molecule has 1 saturated heterocycles. The first kappa shape index (κ1) is 14.1. The average molecular weight is 286 g/mol. The molecule has 5 nitrogen and oxygen atoms in total. The van der Waals surface area contributed by atoms with Gasteiger partial charge in [0.1, 0.15) is 5.65 Å². The van der Waals surface area contributed by atoms with E-state index in [2.05, 4.69) is 15.6 Å². The Hall–Kier alpha value is -1.88. The second-order valence-corrected chi connectivity index (χ2v) is 5.71. The minimum atomic E-state index is 0.130. The first-order valence-electron chi connectivity index (χ1n) is 7.71. The molecule has 3 heterocycles. The van der Waals surface area contributed by atoms with Crippen molar-refractivity contribution in [3.8, 4) is 0 Å². The van der Waals surface area contributed by atoms with Gasteiger partial charge in [-0.3, -0.25) is 4.79 Å². The third kappa shape index (κ3) is 3.82. The van der Waals surface area contributed by atoms with Crippen LogP contribution in [0.1, 0.15) is 31.4 Å². The molecule has 21 heavy (non-hydrogen) atoms. The first-order valence-corrected chi connectivity index (χ1v) is 7.71. The summed E-state index contributed by atoms with van der Waals surface area (Å²) in [5, 5.41) is 6.32. The molecule has 0 unspecified atom stereocenters. The smallest absolute Gasteiger partial charge is 0.220 e. The summed E-state index contributed by atoms with van der Waals surface area (Å²) in [5.41, 5.74) is 1.81. The SMILES string of the molecule is O=C(CCC1CCNCC1)NCc1cn2ccccc2n1. The maximum Gasteiger partial charge on any atom is 0.220 e. The van der Waals surface area contributed by atoms with Gasteiger partial charge >= 0.3 is 0 Å². The van der Waals surface area contributed by atoms with Crippen LogP contribution in [0.15, 0.2) is 30.6 Å². The maximum atomic E-state index is 11.9. The van der Waals surface area contributed by atoms with Crippen LogP contribution in [0, 0.1) is 5.92 Å². The van der Waals surface area contributed by atoms with E-state index < -0.39 is 0 Å². The van der Waals surface area contributed by atoms with Crippen molar-refractivity contribution in [3.05, 3.63) is 36.3 Å². The molecule has 0 bridgehead atoms. The lowest BCUT2D eigenvalue weighted by Crippen LogP contribution is -2.29. The van der Waals surface area contributed by atoms with Gasteiger partial charge in [0.15, 0.2) is 0 Å². The molecule has 2 N–H and O–H groups in total. The number of amides is 1. The Bertz CT molecular complexity index is 568. The molecule has 1 aliphatic rings. The van der Waals surface area contributed by atoms with E-state index in [-0.39, 0.29) is 5.91 Å². The lowest BCUT2D eigenvalue weighted by atomic mass is 9.93. The number of pyridine rings is 1. The zero-order valence-corrected chi connectivity index (χ0v) is 12.2. The Labute approximate surface area is 124 Å². The topological polar surface area (TPSA) is 58.4 Å². The Balaban J connectivity index is 1.44. The summed E-state index contributed by atoms with van der Waals surface area (Å²) < 4.78 is 1.97. The number of fused-ring (bicyclic) bond motifs is 1. The summed E-state index contributed by atoms with van der Waals surface area (Å²) in [5.74, 6) is 0.831. The van der Waals surface area contributed by atoms with Gasteiger partial charge in [-0.05, 0) is 50.4 Å². The van der Waals surface area contributed by atoms with Crippen molar-refractivity contribution in [3.63, 3.8) is 0 Å². The standard InChI is InChI=1S/C16H22N4O/c21-16(5-4-13-6-8-17-9-7-13)18-11-14-12-20-10-2-1-3-15(20)19-14/h1-3,10,12-13,17H,4-9,11H2,(H,18,21). The molecule has 5 heteroatoms. The third-order valence-electron chi connectivity index (χ3n) is 4.12. The van der Waals surface area contributed by atoms with Gasteiger partial charge in [0.25, 0.3) is 0 Å². The zero-order chi connectivity index (χ0) is 14.5. The van der Waals surface area contributed by atoms with Gasteiger partial charge in [0, 0.05) is 18.8 Å². The van der Waals surface area contributed by atoms with E-state index in [0.717, 1.165) is 30.9 Å². The fourth-order valence-electron chi connectivity index (χ4n) is 2.86. The number of hydrogen-bond acceptors (Lipinski definition) is 3. The fraction of sp³-hybridized carbons (Fsp3) is 0.500. The molecule has 1 fully saturated rings. The molecule has 1 aliphatic heterocycles.